The van der Waals surface area contributed by atoms with Gasteiger partial charge in [-0.2, -0.15) is 0 Å². The molecular weight excluding hydrogens is 446 g/mol. The molecule has 8 nitrogen and oxygen atoms in total. The van der Waals surface area contributed by atoms with Crippen molar-refractivity contribution in [3.05, 3.63) is 71.5 Å². The third kappa shape index (κ3) is 7.21. The number of allylic oxidation sites excluding steroid dienone is 1. The molecule has 0 aliphatic heterocycles. The highest BCUT2D eigenvalue weighted by atomic mass is 32.2. The first kappa shape index (κ1) is 25.7. The quantitative estimate of drug-likeness (QED) is 0.357. The molecule has 0 aliphatic rings. The lowest BCUT2D eigenvalue weighted by Crippen LogP contribution is -2.02. The van der Waals surface area contributed by atoms with Crippen molar-refractivity contribution in [3.63, 3.8) is 0 Å². The second-order valence-corrected chi connectivity index (χ2v) is 8.62. The van der Waals surface area contributed by atoms with Crippen LogP contribution in [0.15, 0.2) is 60.4 Å². The molecule has 0 radical (unpaired) electrons. The van der Waals surface area contributed by atoms with Crippen molar-refractivity contribution >= 4 is 21.6 Å². The average Bonchev–Trinajstić information content (AvgIpc) is 2.81. The van der Waals surface area contributed by atoms with Crippen molar-refractivity contribution in [1.82, 2.24) is 0 Å². The highest BCUT2D eigenvalue weighted by molar-refractivity contribution is 7.93. The summed E-state index contributed by atoms with van der Waals surface area (Å²) in [5.74, 6) is 2.21. The molecule has 9 heteroatoms. The van der Waals surface area contributed by atoms with Crippen LogP contribution in [0.4, 0.5) is 5.69 Å². The fourth-order valence-electron chi connectivity index (χ4n) is 2.90. The first-order valence-electron chi connectivity index (χ1n) is 9.80. The van der Waals surface area contributed by atoms with Gasteiger partial charge in [0.05, 0.1) is 52.6 Å². The highest BCUT2D eigenvalue weighted by Gasteiger charge is 2.14. The van der Waals surface area contributed by atoms with Crippen molar-refractivity contribution in [2.24, 2.45) is 0 Å². The summed E-state index contributed by atoms with van der Waals surface area (Å²) in [4.78, 5) is 0. The van der Waals surface area contributed by atoms with Gasteiger partial charge in [0.1, 0.15) is 28.8 Å². The number of rotatable bonds is 12. The maximum absolute atomic E-state index is 12.8. The van der Waals surface area contributed by atoms with Gasteiger partial charge < -0.3 is 29.0 Å². The van der Waals surface area contributed by atoms with Gasteiger partial charge in [-0.25, -0.2) is 8.42 Å². The van der Waals surface area contributed by atoms with Crippen LogP contribution in [0.5, 0.6) is 23.0 Å². The van der Waals surface area contributed by atoms with E-state index in [2.05, 4.69) is 11.9 Å². The molecule has 0 unspecified atom stereocenters. The molecule has 0 saturated carbocycles. The first-order valence-corrected chi connectivity index (χ1v) is 11.5. The maximum Gasteiger partial charge on any atom is 0.175 e. The van der Waals surface area contributed by atoms with Crippen LogP contribution in [0, 0.1) is 0 Å². The normalized spacial score (nSPS) is 11.4. The number of anilines is 1. The first-order chi connectivity index (χ1) is 15.8. The minimum absolute atomic E-state index is 0.211. The molecule has 2 aromatic carbocycles. The van der Waals surface area contributed by atoms with Crippen LogP contribution in [0.25, 0.3) is 6.08 Å². The summed E-state index contributed by atoms with van der Waals surface area (Å²) in [5, 5.41) is 4.19. The van der Waals surface area contributed by atoms with Crippen LogP contribution < -0.4 is 24.3 Å². The summed E-state index contributed by atoms with van der Waals surface area (Å²) < 4.78 is 51.9. The number of methoxy groups -OCH3 is 5. The molecule has 0 heterocycles. The summed E-state index contributed by atoms with van der Waals surface area (Å²) in [7, 11) is 3.94. The van der Waals surface area contributed by atoms with Crippen LogP contribution in [-0.2, 0) is 20.3 Å². The van der Waals surface area contributed by atoms with Gasteiger partial charge in [-0.05, 0) is 29.8 Å². The Bertz CT molecular complexity index is 1110. The van der Waals surface area contributed by atoms with E-state index in [1.54, 1.807) is 42.6 Å². The smallest absolute Gasteiger partial charge is 0.175 e. The Kier molecular flexibility index (Phi) is 9.23. The molecule has 178 valence electrons. The summed E-state index contributed by atoms with van der Waals surface area (Å²) in [5.41, 5.74) is 1.67. The Hall–Kier alpha value is -3.59. The van der Waals surface area contributed by atoms with Crippen LogP contribution in [0.3, 0.4) is 0 Å². The van der Waals surface area contributed by atoms with E-state index < -0.39 is 9.84 Å². The van der Waals surface area contributed by atoms with E-state index in [-0.39, 0.29) is 5.75 Å². The Labute approximate surface area is 195 Å². The fraction of sp³-hybridized carbons (Fsp3) is 0.250. The number of nitrogens with one attached hydrogen (secondary N) is 1. The van der Waals surface area contributed by atoms with Crippen molar-refractivity contribution in [2.45, 2.75) is 5.75 Å². The number of benzene rings is 2. The lowest BCUT2D eigenvalue weighted by Gasteiger charge is -2.12. The number of hydrogen-bond donors (Lipinski definition) is 1. The second-order valence-electron chi connectivity index (χ2n) is 6.74. The lowest BCUT2D eigenvalue weighted by atomic mass is 10.1. The van der Waals surface area contributed by atoms with Gasteiger partial charge in [-0.15, -0.1) is 0 Å². The Balaban J connectivity index is 2.29. The van der Waals surface area contributed by atoms with Crippen molar-refractivity contribution in [2.75, 3.05) is 40.9 Å². The molecule has 1 N–H and O–H groups in total. The van der Waals surface area contributed by atoms with Gasteiger partial charge in [-0.1, -0.05) is 12.6 Å². The van der Waals surface area contributed by atoms with Crippen molar-refractivity contribution < 1.29 is 32.1 Å². The van der Waals surface area contributed by atoms with E-state index in [0.717, 1.165) is 5.41 Å². The molecule has 0 aliphatic carbocycles. The largest absolute Gasteiger partial charge is 0.497 e. The number of sulfone groups is 1. The van der Waals surface area contributed by atoms with E-state index in [0.29, 0.717) is 45.6 Å². The van der Waals surface area contributed by atoms with E-state index in [1.165, 1.54) is 41.6 Å². The zero-order chi connectivity index (χ0) is 24.4. The van der Waals surface area contributed by atoms with Gasteiger partial charge in [0.2, 0.25) is 0 Å². The topological polar surface area (TPSA) is 92.3 Å². The highest BCUT2D eigenvalue weighted by Crippen LogP contribution is 2.35. The van der Waals surface area contributed by atoms with E-state index in [9.17, 15) is 8.42 Å². The summed E-state index contributed by atoms with van der Waals surface area (Å²) >= 11 is 0. The molecule has 0 atom stereocenters. The molecule has 0 bridgehead atoms. The molecule has 0 amide bonds. The van der Waals surface area contributed by atoms with E-state index >= 15 is 0 Å². The van der Waals surface area contributed by atoms with Gasteiger partial charge in [0.15, 0.2) is 9.84 Å². The minimum Gasteiger partial charge on any atom is -0.497 e. The van der Waals surface area contributed by atoms with E-state index in [1.807, 2.05) is 0 Å². The number of hydrogen-bond acceptors (Lipinski definition) is 8. The van der Waals surface area contributed by atoms with Gasteiger partial charge >= 0.3 is 0 Å². The molecular formula is C24H29NO7S. The van der Waals surface area contributed by atoms with Crippen molar-refractivity contribution in [3.8, 4) is 23.0 Å². The summed E-state index contributed by atoms with van der Waals surface area (Å²) in [6.07, 6.45) is 4.72. The maximum atomic E-state index is 12.8. The van der Waals surface area contributed by atoms with E-state index in [4.69, 9.17) is 23.7 Å². The van der Waals surface area contributed by atoms with Crippen molar-refractivity contribution in [1.29, 1.82) is 0 Å². The van der Waals surface area contributed by atoms with Gasteiger partial charge in [-0.3, -0.25) is 0 Å². The number of ether oxygens (including phenoxy) is 5. The zero-order valence-electron chi connectivity index (χ0n) is 19.4. The third-order valence-corrected chi connectivity index (χ3v) is 5.88. The molecule has 0 spiro atoms. The monoisotopic (exact) mass is 475 g/mol. The minimum atomic E-state index is -3.62. The average molecular weight is 476 g/mol. The standard InChI is InChI=1S/C24H29NO7S/c1-17(28-2)9-11-25-21-13-18(7-8-22(21)30-4)16-33(26,27)12-10-20-23(31-5)14-19(29-3)15-24(20)32-6/h7-15,25H,1,16H2,2-6H3/b11-9-,12-10+. The zero-order valence-corrected chi connectivity index (χ0v) is 20.2. The fourth-order valence-corrected chi connectivity index (χ4v) is 3.98. The Morgan fingerprint density at radius 3 is 2.12 bits per heavy atom. The van der Waals surface area contributed by atoms with Crippen LogP contribution >= 0.6 is 0 Å². The van der Waals surface area contributed by atoms with Crippen LogP contribution in [-0.4, -0.2) is 44.0 Å². The lowest BCUT2D eigenvalue weighted by molar-refractivity contribution is 0.309. The summed E-state index contributed by atoms with van der Waals surface area (Å²) in [6.45, 7) is 3.70. The SMILES string of the molecule is C=C(/C=C\Nc1cc(CS(=O)(=O)/C=C/c2c(OC)cc(OC)cc2OC)ccc1OC)OC. The van der Waals surface area contributed by atoms with Gasteiger partial charge in [0.25, 0.3) is 0 Å². The molecule has 0 aromatic heterocycles. The summed E-state index contributed by atoms with van der Waals surface area (Å²) in [6, 6.07) is 8.41. The predicted molar refractivity (Wildman–Crippen MR) is 130 cm³/mol. The molecule has 33 heavy (non-hydrogen) atoms. The van der Waals surface area contributed by atoms with Crippen LogP contribution in [0.1, 0.15) is 11.1 Å². The molecule has 0 saturated heterocycles. The second kappa shape index (κ2) is 11.9. The van der Waals surface area contributed by atoms with Crippen LogP contribution in [0.2, 0.25) is 0 Å². The Morgan fingerprint density at radius 2 is 1.58 bits per heavy atom. The predicted octanol–water partition coefficient (Wildman–Crippen LogP) is 4.39. The Morgan fingerprint density at radius 1 is 0.939 bits per heavy atom. The molecule has 2 aromatic rings. The third-order valence-electron chi connectivity index (χ3n) is 4.60. The molecule has 0 fully saturated rings. The molecule has 2 rings (SSSR count). The van der Waals surface area contributed by atoms with Gasteiger partial charge in [0, 0.05) is 23.7 Å².